The summed E-state index contributed by atoms with van der Waals surface area (Å²) in [5.74, 6) is -0.398. The average Bonchev–Trinajstić information content (AvgIpc) is 1.77. The molecule has 0 aliphatic heterocycles. The third kappa shape index (κ3) is 3.76. The van der Waals surface area contributed by atoms with Crippen LogP contribution in [0.25, 0.3) is 0 Å². The van der Waals surface area contributed by atoms with Crippen LogP contribution in [-0.4, -0.2) is 23.1 Å². The number of hydrogen-bond acceptors (Lipinski definition) is 0. The summed E-state index contributed by atoms with van der Waals surface area (Å²) in [4.78, 5) is 0. The maximum Gasteiger partial charge on any atom is 2.00 e. The molecule has 10 heavy (non-hydrogen) atoms. The fourth-order valence-corrected chi connectivity index (χ4v) is 0.517. The van der Waals surface area contributed by atoms with E-state index in [0.29, 0.717) is 0 Å². The maximum atomic E-state index is 12.2. The Labute approximate surface area is 90.7 Å². The van der Waals surface area contributed by atoms with Crippen molar-refractivity contribution < 1.29 is 21.4 Å². The molecule has 0 saturated heterocycles. The van der Waals surface area contributed by atoms with E-state index >= 15 is 0 Å². The van der Waals surface area contributed by atoms with Crippen molar-refractivity contribution in [2.24, 2.45) is 0 Å². The minimum Gasteiger partial charge on any atom is -1.00 e. The van der Waals surface area contributed by atoms with Gasteiger partial charge in [0.2, 0.25) is 0 Å². The van der Waals surface area contributed by atoms with Crippen LogP contribution in [0.5, 0.6) is 0 Å². The number of benzene rings is 1. The number of halogens is 3. The van der Waals surface area contributed by atoms with Crippen molar-refractivity contribution in [3.8, 4) is 0 Å². The third-order valence-electron chi connectivity index (χ3n) is 0.764. The van der Waals surface area contributed by atoms with Crippen molar-refractivity contribution in [1.29, 1.82) is 0 Å². The smallest absolute Gasteiger partial charge is 1.00 e. The van der Waals surface area contributed by atoms with Crippen LogP contribution in [0.3, 0.4) is 0 Å². The van der Waals surface area contributed by atoms with Crippen LogP contribution in [0.2, 0.25) is 5.02 Å². The molecule has 50 valence electrons. The van der Waals surface area contributed by atoms with Gasteiger partial charge in [0, 0.05) is 5.82 Å². The van der Waals surface area contributed by atoms with Gasteiger partial charge in [-0.15, -0.1) is 6.07 Å². The Morgan fingerprint density at radius 1 is 1.50 bits per heavy atom. The zero-order valence-corrected chi connectivity index (χ0v) is 8.83. The predicted octanol–water partition coefficient (Wildman–Crippen LogP) is -1.10. The Balaban J connectivity index is 0. The number of hydrogen-bond donors (Lipinski definition) is 0. The molecule has 0 nitrogen and oxygen atoms in total. The fraction of sp³-hybridized carbons (Fsp3) is 0. The Morgan fingerprint density at radius 2 is 2.10 bits per heavy atom. The van der Waals surface area contributed by atoms with Crippen LogP contribution >= 0.6 is 11.6 Å². The van der Waals surface area contributed by atoms with E-state index < -0.39 is 5.82 Å². The largest absolute Gasteiger partial charge is 2.00 e. The number of rotatable bonds is 0. The van der Waals surface area contributed by atoms with E-state index in [2.05, 4.69) is 6.07 Å². The van der Waals surface area contributed by atoms with Crippen LogP contribution in [0.15, 0.2) is 18.2 Å². The zero-order chi connectivity index (χ0) is 5.98. The van der Waals surface area contributed by atoms with Gasteiger partial charge in [-0.2, -0.15) is 29.8 Å². The molecular formula is C6H3BrClFMg. The molecule has 0 unspecified atom stereocenters. The first kappa shape index (κ1) is 13.3. The van der Waals surface area contributed by atoms with Gasteiger partial charge in [-0.1, -0.05) is 0 Å². The molecule has 1 aromatic rings. The molecule has 0 aliphatic carbocycles. The van der Waals surface area contributed by atoms with Gasteiger partial charge in [0.1, 0.15) is 0 Å². The van der Waals surface area contributed by atoms with Gasteiger partial charge in [-0.05, 0) is 5.02 Å². The Hall–Kier alpha value is 0.686. The van der Waals surface area contributed by atoms with Crippen molar-refractivity contribution in [3.63, 3.8) is 0 Å². The first-order chi connectivity index (χ1) is 3.80. The van der Waals surface area contributed by atoms with Gasteiger partial charge in [-0.3, -0.25) is 0 Å². The van der Waals surface area contributed by atoms with Gasteiger partial charge in [0.05, 0.1) is 0 Å². The van der Waals surface area contributed by atoms with Gasteiger partial charge in [-0.25, -0.2) is 4.39 Å². The minimum atomic E-state index is -0.398. The summed E-state index contributed by atoms with van der Waals surface area (Å²) in [5.41, 5.74) is 0. The maximum absolute atomic E-state index is 12.2. The van der Waals surface area contributed by atoms with Crippen LogP contribution in [0.4, 0.5) is 4.39 Å². The van der Waals surface area contributed by atoms with E-state index in [1.807, 2.05) is 0 Å². The second kappa shape index (κ2) is 6.40. The molecule has 0 spiro atoms. The third-order valence-corrected chi connectivity index (χ3v) is 1.05. The molecule has 0 heterocycles. The van der Waals surface area contributed by atoms with Gasteiger partial charge in [0.25, 0.3) is 0 Å². The molecule has 0 amide bonds. The molecule has 0 aliphatic rings. The first-order valence-corrected chi connectivity index (χ1v) is 2.49. The van der Waals surface area contributed by atoms with E-state index in [1.165, 1.54) is 18.2 Å². The molecular weight excluding hydrogens is 231 g/mol. The van der Waals surface area contributed by atoms with E-state index in [4.69, 9.17) is 11.6 Å². The molecule has 0 aromatic heterocycles. The summed E-state index contributed by atoms with van der Waals surface area (Å²) >= 11 is 5.30. The summed E-state index contributed by atoms with van der Waals surface area (Å²) in [7, 11) is 0. The predicted molar refractivity (Wildman–Crippen MR) is 36.0 cm³/mol. The molecule has 0 atom stereocenters. The molecule has 0 bridgehead atoms. The zero-order valence-electron chi connectivity index (χ0n) is 5.07. The molecule has 4 heteroatoms. The van der Waals surface area contributed by atoms with Crippen LogP contribution in [0.1, 0.15) is 0 Å². The Morgan fingerprint density at radius 3 is 2.40 bits per heavy atom. The fourth-order valence-electron chi connectivity index (χ4n) is 0.391. The summed E-state index contributed by atoms with van der Waals surface area (Å²) < 4.78 is 12.2. The molecule has 1 rings (SSSR count). The summed E-state index contributed by atoms with van der Waals surface area (Å²) in [5, 5.41) is 0.118. The normalized spacial score (nSPS) is 7.40. The second-order valence-corrected chi connectivity index (χ2v) is 1.75. The monoisotopic (exact) mass is 232 g/mol. The summed E-state index contributed by atoms with van der Waals surface area (Å²) in [6.07, 6.45) is 0. The Bertz CT molecular complexity index is 174. The van der Waals surface area contributed by atoms with Crippen molar-refractivity contribution in [2.75, 3.05) is 0 Å². The van der Waals surface area contributed by atoms with Crippen LogP contribution < -0.4 is 17.0 Å². The van der Waals surface area contributed by atoms with Crippen LogP contribution in [0, 0.1) is 11.9 Å². The van der Waals surface area contributed by atoms with E-state index in [9.17, 15) is 4.39 Å². The quantitative estimate of drug-likeness (QED) is 0.395. The van der Waals surface area contributed by atoms with E-state index in [0.717, 1.165) is 0 Å². The molecule has 1 aromatic carbocycles. The van der Waals surface area contributed by atoms with Crippen molar-refractivity contribution in [2.45, 2.75) is 0 Å². The van der Waals surface area contributed by atoms with Crippen molar-refractivity contribution in [3.05, 3.63) is 35.1 Å². The SMILES string of the molecule is Fc1cc[c-]cc1Cl.[Br-].[Mg+2]. The molecule has 0 saturated carbocycles. The van der Waals surface area contributed by atoms with Gasteiger partial charge >= 0.3 is 23.1 Å². The summed E-state index contributed by atoms with van der Waals surface area (Å²) in [6, 6.07) is 6.75. The summed E-state index contributed by atoms with van der Waals surface area (Å²) in [6.45, 7) is 0. The van der Waals surface area contributed by atoms with Crippen molar-refractivity contribution >= 4 is 34.7 Å². The topological polar surface area (TPSA) is 0 Å². The van der Waals surface area contributed by atoms with E-state index in [-0.39, 0.29) is 45.1 Å². The minimum absolute atomic E-state index is 0. The first-order valence-electron chi connectivity index (χ1n) is 2.12. The molecule has 0 radical (unpaired) electrons. The molecule has 0 N–H and O–H groups in total. The molecule has 0 fully saturated rings. The second-order valence-electron chi connectivity index (χ2n) is 1.34. The van der Waals surface area contributed by atoms with Gasteiger partial charge < -0.3 is 17.0 Å². The standard InChI is InChI=1S/C6H3ClF.BrH.Mg/c7-5-3-1-2-4-6(5)8;;/h2-4H;1H;/q-1;;+2/p-1. The van der Waals surface area contributed by atoms with Crippen LogP contribution in [-0.2, 0) is 0 Å². The van der Waals surface area contributed by atoms with Gasteiger partial charge in [0.15, 0.2) is 0 Å². The van der Waals surface area contributed by atoms with E-state index in [1.54, 1.807) is 0 Å². The Kier molecular flexibility index (Phi) is 8.50. The van der Waals surface area contributed by atoms with Crippen molar-refractivity contribution in [1.82, 2.24) is 0 Å². The average molecular weight is 234 g/mol.